The summed E-state index contributed by atoms with van der Waals surface area (Å²) >= 11 is 0. The summed E-state index contributed by atoms with van der Waals surface area (Å²) < 4.78 is 22.7. The SMILES string of the molecule is CC(NCC(C)(C)S(C)(=O)=O)c1ccc(N2CCCC2=O)cc1. The highest BCUT2D eigenvalue weighted by molar-refractivity contribution is 7.92. The first-order valence-electron chi connectivity index (χ1n) is 7.95. The number of nitrogens with one attached hydrogen (secondary N) is 1. The highest BCUT2D eigenvalue weighted by atomic mass is 32.2. The molecule has 0 aliphatic carbocycles. The third-order valence-electron chi connectivity index (χ3n) is 4.62. The monoisotopic (exact) mass is 338 g/mol. The molecular weight excluding hydrogens is 312 g/mol. The van der Waals surface area contributed by atoms with Gasteiger partial charge in [0, 0.05) is 37.5 Å². The number of sulfone groups is 1. The van der Waals surface area contributed by atoms with E-state index in [0.717, 1.165) is 24.2 Å². The van der Waals surface area contributed by atoms with Gasteiger partial charge in [-0.25, -0.2) is 8.42 Å². The Bertz CT molecular complexity index is 666. The van der Waals surface area contributed by atoms with Gasteiger partial charge in [-0.1, -0.05) is 12.1 Å². The summed E-state index contributed by atoms with van der Waals surface area (Å²) in [6, 6.07) is 7.94. The molecule has 5 nitrogen and oxygen atoms in total. The molecule has 1 unspecified atom stereocenters. The van der Waals surface area contributed by atoms with Crippen LogP contribution in [-0.2, 0) is 14.6 Å². The number of amides is 1. The van der Waals surface area contributed by atoms with Crippen LogP contribution in [-0.4, -0.2) is 38.4 Å². The molecule has 1 aromatic rings. The number of hydrogen-bond acceptors (Lipinski definition) is 4. The minimum Gasteiger partial charge on any atom is -0.312 e. The van der Waals surface area contributed by atoms with Gasteiger partial charge in [0.2, 0.25) is 5.91 Å². The van der Waals surface area contributed by atoms with Crippen LogP contribution in [0.5, 0.6) is 0 Å². The minimum absolute atomic E-state index is 0.0411. The van der Waals surface area contributed by atoms with Gasteiger partial charge >= 0.3 is 0 Å². The summed E-state index contributed by atoms with van der Waals surface area (Å²) in [6.45, 7) is 6.64. The lowest BCUT2D eigenvalue weighted by atomic mass is 10.1. The molecule has 1 saturated heterocycles. The molecule has 1 aliphatic heterocycles. The Labute approximate surface area is 139 Å². The average molecular weight is 338 g/mol. The molecule has 1 atom stereocenters. The standard InChI is InChI=1S/C17H26N2O3S/c1-13(18-12-17(2,3)23(4,21)22)14-7-9-15(10-8-14)19-11-5-6-16(19)20/h7-10,13,18H,5-6,11-12H2,1-4H3. The van der Waals surface area contributed by atoms with Gasteiger partial charge in [0.1, 0.15) is 0 Å². The summed E-state index contributed by atoms with van der Waals surface area (Å²) in [5.41, 5.74) is 2.00. The van der Waals surface area contributed by atoms with Crippen LogP contribution in [0, 0.1) is 0 Å². The van der Waals surface area contributed by atoms with Crippen molar-refractivity contribution in [2.24, 2.45) is 0 Å². The molecule has 0 spiro atoms. The third-order valence-corrected chi connectivity index (χ3v) is 6.77. The van der Waals surface area contributed by atoms with Crippen LogP contribution in [0.2, 0.25) is 0 Å². The Hall–Kier alpha value is -1.40. The van der Waals surface area contributed by atoms with Crippen molar-refractivity contribution in [3.8, 4) is 0 Å². The van der Waals surface area contributed by atoms with Crippen LogP contribution >= 0.6 is 0 Å². The second-order valence-electron chi connectivity index (χ2n) is 6.87. The van der Waals surface area contributed by atoms with E-state index >= 15 is 0 Å². The van der Waals surface area contributed by atoms with Crippen molar-refractivity contribution < 1.29 is 13.2 Å². The van der Waals surface area contributed by atoms with E-state index in [9.17, 15) is 13.2 Å². The summed E-state index contributed by atoms with van der Waals surface area (Å²) in [6.07, 6.45) is 2.81. The van der Waals surface area contributed by atoms with Gasteiger partial charge in [0.15, 0.2) is 9.84 Å². The van der Waals surface area contributed by atoms with Crippen molar-refractivity contribution in [2.45, 2.75) is 44.4 Å². The zero-order valence-electron chi connectivity index (χ0n) is 14.3. The summed E-state index contributed by atoms with van der Waals surface area (Å²) in [4.78, 5) is 13.6. The van der Waals surface area contributed by atoms with Gasteiger partial charge in [-0.3, -0.25) is 4.79 Å². The van der Waals surface area contributed by atoms with Crippen LogP contribution in [0.4, 0.5) is 5.69 Å². The van der Waals surface area contributed by atoms with Crippen molar-refractivity contribution in [2.75, 3.05) is 24.2 Å². The summed E-state index contributed by atoms with van der Waals surface area (Å²) in [5, 5.41) is 3.28. The molecule has 1 N–H and O–H groups in total. The molecule has 128 valence electrons. The molecule has 1 aliphatic rings. The topological polar surface area (TPSA) is 66.5 Å². The van der Waals surface area contributed by atoms with E-state index in [0.29, 0.717) is 13.0 Å². The van der Waals surface area contributed by atoms with Gasteiger partial charge in [-0.15, -0.1) is 0 Å². The fraction of sp³-hybridized carbons (Fsp3) is 0.588. The van der Waals surface area contributed by atoms with E-state index in [1.54, 1.807) is 13.8 Å². The van der Waals surface area contributed by atoms with Crippen molar-refractivity contribution in [1.29, 1.82) is 0 Å². The molecule has 1 fully saturated rings. The molecular formula is C17H26N2O3S. The van der Waals surface area contributed by atoms with Gasteiger partial charge in [0.05, 0.1) is 4.75 Å². The van der Waals surface area contributed by atoms with Gasteiger partial charge in [-0.05, 0) is 44.9 Å². The van der Waals surface area contributed by atoms with E-state index in [1.165, 1.54) is 6.26 Å². The van der Waals surface area contributed by atoms with Crippen LogP contribution < -0.4 is 10.2 Å². The number of rotatable bonds is 6. The van der Waals surface area contributed by atoms with Crippen LogP contribution in [0.1, 0.15) is 45.2 Å². The smallest absolute Gasteiger partial charge is 0.227 e. The average Bonchev–Trinajstić information content (AvgIpc) is 2.90. The summed E-state index contributed by atoms with van der Waals surface area (Å²) in [5.74, 6) is 0.179. The Balaban J connectivity index is 2.00. The van der Waals surface area contributed by atoms with E-state index in [4.69, 9.17) is 0 Å². The maximum atomic E-state index is 11.8. The number of benzene rings is 1. The molecule has 6 heteroatoms. The van der Waals surface area contributed by atoms with Gasteiger partial charge < -0.3 is 10.2 Å². The van der Waals surface area contributed by atoms with Crippen LogP contribution in [0.25, 0.3) is 0 Å². The lowest BCUT2D eigenvalue weighted by molar-refractivity contribution is -0.117. The molecule has 0 radical (unpaired) electrons. The van der Waals surface area contributed by atoms with Crippen molar-refractivity contribution in [1.82, 2.24) is 5.32 Å². The van der Waals surface area contributed by atoms with Crippen molar-refractivity contribution in [3.05, 3.63) is 29.8 Å². The molecule has 1 heterocycles. The second-order valence-corrected chi connectivity index (χ2v) is 9.52. The number of carbonyl (C=O) groups is 1. The lowest BCUT2D eigenvalue weighted by Gasteiger charge is -2.26. The number of nitrogens with zero attached hydrogens (tertiary/aromatic N) is 1. The maximum Gasteiger partial charge on any atom is 0.227 e. The number of carbonyl (C=O) groups excluding carboxylic acids is 1. The summed E-state index contributed by atoms with van der Waals surface area (Å²) in [7, 11) is -3.11. The molecule has 0 saturated carbocycles. The largest absolute Gasteiger partial charge is 0.312 e. The Morgan fingerprint density at radius 3 is 2.35 bits per heavy atom. The first-order chi connectivity index (χ1) is 10.6. The highest BCUT2D eigenvalue weighted by Gasteiger charge is 2.30. The van der Waals surface area contributed by atoms with Crippen LogP contribution in [0.3, 0.4) is 0 Å². The third kappa shape index (κ3) is 4.12. The first kappa shape index (κ1) is 17.9. The van der Waals surface area contributed by atoms with Crippen LogP contribution in [0.15, 0.2) is 24.3 Å². The minimum atomic E-state index is -3.11. The first-order valence-corrected chi connectivity index (χ1v) is 9.84. The molecule has 0 bridgehead atoms. The van der Waals surface area contributed by atoms with Gasteiger partial charge in [0.25, 0.3) is 0 Å². The zero-order valence-corrected chi connectivity index (χ0v) is 15.1. The number of anilines is 1. The molecule has 23 heavy (non-hydrogen) atoms. The molecule has 2 rings (SSSR count). The van der Waals surface area contributed by atoms with Crippen molar-refractivity contribution >= 4 is 21.4 Å². The van der Waals surface area contributed by atoms with Crippen molar-refractivity contribution in [3.63, 3.8) is 0 Å². The fourth-order valence-corrected chi connectivity index (χ4v) is 2.86. The molecule has 1 amide bonds. The highest BCUT2D eigenvalue weighted by Crippen LogP contribution is 2.24. The quantitative estimate of drug-likeness (QED) is 0.864. The number of hydrogen-bond donors (Lipinski definition) is 1. The van der Waals surface area contributed by atoms with E-state index in [2.05, 4.69) is 5.32 Å². The molecule has 1 aromatic carbocycles. The predicted octanol–water partition coefficient (Wildman–Crippen LogP) is 2.29. The van der Waals surface area contributed by atoms with E-state index < -0.39 is 14.6 Å². The van der Waals surface area contributed by atoms with E-state index in [1.807, 2.05) is 36.1 Å². The lowest BCUT2D eigenvalue weighted by Crippen LogP contribution is -2.42. The maximum absolute atomic E-state index is 11.8. The fourth-order valence-electron chi connectivity index (χ4n) is 2.51. The Kier molecular flexibility index (Phi) is 5.16. The Morgan fingerprint density at radius 2 is 1.87 bits per heavy atom. The van der Waals surface area contributed by atoms with Gasteiger partial charge in [-0.2, -0.15) is 0 Å². The van der Waals surface area contributed by atoms with E-state index in [-0.39, 0.29) is 11.9 Å². The second kappa shape index (κ2) is 6.61. The zero-order chi connectivity index (χ0) is 17.3. The molecule has 0 aromatic heterocycles. The Morgan fingerprint density at radius 1 is 1.26 bits per heavy atom. The normalized spacial score (nSPS) is 17.6. The predicted molar refractivity (Wildman–Crippen MR) is 93.4 cm³/mol.